The number of nitrogens with one attached hydrogen (secondary N) is 2. The molecular formula is C10H12BrN5O2. The van der Waals surface area contributed by atoms with Crippen molar-refractivity contribution in [3.05, 3.63) is 10.8 Å². The maximum atomic E-state index is 11.3. The molecule has 2 rings (SSSR count). The standard InChI is InChI=1S/C10H12BrN5O2/c1-2-12-9-8(11)10(14-5-13-9)16-3-6(17)15-7(18)4-16/h5H,2-4H2,1H3,(H,12,13,14)(H,15,17,18). The third-order valence-electron chi connectivity index (χ3n) is 2.36. The number of aromatic nitrogens is 2. The molecule has 96 valence electrons. The first kappa shape index (κ1) is 12.7. The van der Waals surface area contributed by atoms with Crippen LogP contribution in [-0.2, 0) is 9.59 Å². The number of hydrogen-bond acceptors (Lipinski definition) is 6. The van der Waals surface area contributed by atoms with Crippen LogP contribution in [0.1, 0.15) is 6.92 Å². The number of anilines is 2. The third kappa shape index (κ3) is 2.58. The van der Waals surface area contributed by atoms with E-state index in [9.17, 15) is 9.59 Å². The van der Waals surface area contributed by atoms with Crippen LogP contribution in [0.3, 0.4) is 0 Å². The Morgan fingerprint density at radius 2 is 2.06 bits per heavy atom. The van der Waals surface area contributed by atoms with Crippen molar-refractivity contribution in [3.8, 4) is 0 Å². The normalized spacial score (nSPS) is 15.6. The Kier molecular flexibility index (Phi) is 3.75. The lowest BCUT2D eigenvalue weighted by molar-refractivity contribution is -0.130. The molecule has 2 N–H and O–H groups in total. The van der Waals surface area contributed by atoms with E-state index in [2.05, 4.69) is 36.5 Å². The van der Waals surface area contributed by atoms with Gasteiger partial charge in [0.1, 0.15) is 22.4 Å². The number of halogens is 1. The molecular weight excluding hydrogens is 302 g/mol. The highest BCUT2D eigenvalue weighted by atomic mass is 79.9. The summed E-state index contributed by atoms with van der Waals surface area (Å²) >= 11 is 3.39. The van der Waals surface area contributed by atoms with Crippen molar-refractivity contribution < 1.29 is 9.59 Å². The molecule has 0 bridgehead atoms. The van der Waals surface area contributed by atoms with E-state index in [1.165, 1.54) is 6.33 Å². The molecule has 1 aliphatic heterocycles. The average Bonchev–Trinajstić information content (AvgIpc) is 2.31. The molecule has 2 heterocycles. The SMILES string of the molecule is CCNc1ncnc(N2CC(=O)NC(=O)C2)c1Br. The summed E-state index contributed by atoms with van der Waals surface area (Å²) in [5, 5.41) is 5.31. The maximum Gasteiger partial charge on any atom is 0.246 e. The summed E-state index contributed by atoms with van der Waals surface area (Å²) in [6, 6.07) is 0. The van der Waals surface area contributed by atoms with Gasteiger partial charge in [0.15, 0.2) is 0 Å². The van der Waals surface area contributed by atoms with Crippen molar-refractivity contribution in [1.29, 1.82) is 0 Å². The number of nitrogens with zero attached hydrogens (tertiary/aromatic N) is 3. The second-order valence-corrected chi connectivity index (χ2v) is 4.51. The van der Waals surface area contributed by atoms with E-state index in [4.69, 9.17) is 0 Å². The largest absolute Gasteiger partial charge is 0.369 e. The number of piperazine rings is 1. The lowest BCUT2D eigenvalue weighted by Gasteiger charge is -2.27. The van der Waals surface area contributed by atoms with Crippen LogP contribution in [-0.4, -0.2) is 41.4 Å². The molecule has 0 atom stereocenters. The van der Waals surface area contributed by atoms with Crippen molar-refractivity contribution in [2.24, 2.45) is 0 Å². The van der Waals surface area contributed by atoms with E-state index in [1.807, 2.05) is 6.92 Å². The first-order chi connectivity index (χ1) is 8.61. The Balaban J connectivity index is 2.30. The highest BCUT2D eigenvalue weighted by molar-refractivity contribution is 9.10. The van der Waals surface area contributed by atoms with Crippen molar-refractivity contribution in [1.82, 2.24) is 15.3 Å². The molecule has 0 saturated carbocycles. The van der Waals surface area contributed by atoms with Crippen LogP contribution in [0.5, 0.6) is 0 Å². The van der Waals surface area contributed by atoms with Gasteiger partial charge in [-0.15, -0.1) is 0 Å². The Morgan fingerprint density at radius 1 is 1.39 bits per heavy atom. The van der Waals surface area contributed by atoms with Crippen LogP contribution in [0.4, 0.5) is 11.6 Å². The molecule has 8 heteroatoms. The van der Waals surface area contributed by atoms with Gasteiger partial charge in [-0.1, -0.05) is 0 Å². The second-order valence-electron chi connectivity index (χ2n) is 3.72. The van der Waals surface area contributed by atoms with Gasteiger partial charge < -0.3 is 10.2 Å². The number of carbonyl (C=O) groups excluding carboxylic acids is 2. The highest BCUT2D eigenvalue weighted by Gasteiger charge is 2.25. The Morgan fingerprint density at radius 3 is 2.67 bits per heavy atom. The predicted octanol–water partition coefficient (Wildman–Crippen LogP) is 0.134. The van der Waals surface area contributed by atoms with Crippen LogP contribution >= 0.6 is 15.9 Å². The molecule has 0 spiro atoms. The average molecular weight is 314 g/mol. The van der Waals surface area contributed by atoms with Crippen LogP contribution < -0.4 is 15.5 Å². The molecule has 1 aromatic rings. The monoisotopic (exact) mass is 313 g/mol. The molecule has 18 heavy (non-hydrogen) atoms. The zero-order valence-electron chi connectivity index (χ0n) is 9.73. The van der Waals surface area contributed by atoms with E-state index in [-0.39, 0.29) is 24.9 Å². The third-order valence-corrected chi connectivity index (χ3v) is 3.09. The van der Waals surface area contributed by atoms with Gasteiger partial charge in [0, 0.05) is 6.54 Å². The predicted molar refractivity (Wildman–Crippen MR) is 69.3 cm³/mol. The zero-order valence-corrected chi connectivity index (χ0v) is 11.3. The fourth-order valence-electron chi connectivity index (χ4n) is 1.66. The first-order valence-corrected chi connectivity index (χ1v) is 6.23. The number of carbonyl (C=O) groups is 2. The minimum atomic E-state index is -0.332. The topological polar surface area (TPSA) is 87.2 Å². The Labute approximate surface area is 112 Å². The number of hydrogen-bond donors (Lipinski definition) is 2. The summed E-state index contributed by atoms with van der Waals surface area (Å²) in [7, 11) is 0. The number of rotatable bonds is 3. The van der Waals surface area contributed by atoms with Gasteiger partial charge in [0.05, 0.1) is 13.1 Å². The quantitative estimate of drug-likeness (QED) is 0.772. The molecule has 1 saturated heterocycles. The lowest BCUT2D eigenvalue weighted by Crippen LogP contribution is -2.51. The molecule has 1 aromatic heterocycles. The summed E-state index contributed by atoms with van der Waals surface area (Å²) < 4.78 is 0.648. The molecule has 2 amide bonds. The van der Waals surface area contributed by atoms with E-state index in [0.717, 1.165) is 0 Å². The Bertz CT molecular complexity index is 477. The molecule has 0 aromatic carbocycles. The van der Waals surface area contributed by atoms with Crippen LogP contribution in [0.2, 0.25) is 0 Å². The Hall–Kier alpha value is -1.70. The fourth-order valence-corrected chi connectivity index (χ4v) is 2.25. The van der Waals surface area contributed by atoms with Gasteiger partial charge in [-0.3, -0.25) is 14.9 Å². The summed E-state index contributed by atoms with van der Waals surface area (Å²) in [5.41, 5.74) is 0. The van der Waals surface area contributed by atoms with Gasteiger partial charge in [-0.2, -0.15) is 0 Å². The van der Waals surface area contributed by atoms with E-state index in [1.54, 1.807) is 4.90 Å². The molecule has 1 aliphatic rings. The smallest absolute Gasteiger partial charge is 0.246 e. The van der Waals surface area contributed by atoms with Crippen LogP contribution in [0.25, 0.3) is 0 Å². The number of imide groups is 1. The number of amides is 2. The summed E-state index contributed by atoms with van der Waals surface area (Å²) in [6.07, 6.45) is 1.40. The summed E-state index contributed by atoms with van der Waals surface area (Å²) in [6.45, 7) is 2.88. The van der Waals surface area contributed by atoms with E-state index < -0.39 is 0 Å². The first-order valence-electron chi connectivity index (χ1n) is 5.43. The minimum absolute atomic E-state index is 0.104. The molecule has 0 unspecified atom stereocenters. The van der Waals surface area contributed by atoms with Gasteiger partial charge in [0.2, 0.25) is 11.8 Å². The van der Waals surface area contributed by atoms with Crippen molar-refractivity contribution in [3.63, 3.8) is 0 Å². The van der Waals surface area contributed by atoms with Crippen LogP contribution in [0.15, 0.2) is 10.8 Å². The van der Waals surface area contributed by atoms with Crippen molar-refractivity contribution >= 4 is 39.4 Å². The van der Waals surface area contributed by atoms with Crippen molar-refractivity contribution in [2.75, 3.05) is 29.9 Å². The van der Waals surface area contributed by atoms with Gasteiger partial charge in [0.25, 0.3) is 0 Å². The molecule has 0 radical (unpaired) electrons. The van der Waals surface area contributed by atoms with Gasteiger partial charge in [-0.05, 0) is 22.9 Å². The lowest BCUT2D eigenvalue weighted by atomic mass is 10.3. The van der Waals surface area contributed by atoms with Crippen molar-refractivity contribution in [2.45, 2.75) is 6.92 Å². The summed E-state index contributed by atoms with van der Waals surface area (Å²) in [5.74, 6) is 0.508. The van der Waals surface area contributed by atoms with Gasteiger partial charge >= 0.3 is 0 Å². The van der Waals surface area contributed by atoms with E-state index >= 15 is 0 Å². The highest BCUT2D eigenvalue weighted by Crippen LogP contribution is 2.29. The second kappa shape index (κ2) is 5.30. The van der Waals surface area contributed by atoms with Crippen LogP contribution in [0, 0.1) is 0 Å². The maximum absolute atomic E-state index is 11.3. The van der Waals surface area contributed by atoms with Gasteiger partial charge in [-0.25, -0.2) is 9.97 Å². The molecule has 0 aliphatic carbocycles. The molecule has 7 nitrogen and oxygen atoms in total. The summed E-state index contributed by atoms with van der Waals surface area (Å²) in [4.78, 5) is 32.5. The minimum Gasteiger partial charge on any atom is -0.369 e. The van der Waals surface area contributed by atoms with E-state index in [0.29, 0.717) is 22.7 Å². The molecule has 1 fully saturated rings. The zero-order chi connectivity index (χ0) is 13.1. The fraction of sp³-hybridized carbons (Fsp3) is 0.400.